The summed E-state index contributed by atoms with van der Waals surface area (Å²) in [5.74, 6) is 0.0178. The van der Waals surface area contributed by atoms with Gasteiger partial charge in [-0.25, -0.2) is 8.78 Å². The number of halogens is 5. The summed E-state index contributed by atoms with van der Waals surface area (Å²) in [4.78, 5) is 1.79. The molecule has 0 saturated carbocycles. The van der Waals surface area contributed by atoms with Gasteiger partial charge in [-0.3, -0.25) is 4.90 Å². The zero-order chi connectivity index (χ0) is 17.0. The number of rotatable bonds is 5. The van der Waals surface area contributed by atoms with E-state index < -0.39 is 30.6 Å². The maximum absolute atomic E-state index is 13.0. The first kappa shape index (κ1) is 17.9. The molecule has 0 spiro atoms. The molecule has 1 aromatic rings. The Labute approximate surface area is 131 Å². The molecule has 1 aromatic carbocycles. The van der Waals surface area contributed by atoms with Crippen molar-refractivity contribution in [2.75, 3.05) is 33.3 Å². The van der Waals surface area contributed by atoms with Crippen LogP contribution in [0.1, 0.15) is 23.6 Å². The minimum Gasteiger partial charge on any atom is -0.497 e. The quantitative estimate of drug-likeness (QED) is 0.834. The van der Waals surface area contributed by atoms with Crippen molar-refractivity contribution in [2.24, 2.45) is 0 Å². The number of ether oxygens (including phenoxy) is 1. The molecule has 0 aliphatic carbocycles. The number of methoxy groups -OCH3 is 1. The Morgan fingerprint density at radius 1 is 1.17 bits per heavy atom. The molecule has 1 aliphatic rings. The monoisotopic (exact) mass is 338 g/mol. The molecular formula is C15H19F5N2O. The Kier molecular flexibility index (Phi) is 5.80. The van der Waals surface area contributed by atoms with Crippen LogP contribution in [-0.4, -0.2) is 44.6 Å². The third-order valence-corrected chi connectivity index (χ3v) is 3.87. The molecule has 0 unspecified atom stereocenters. The molecule has 0 amide bonds. The molecule has 1 atom stereocenters. The van der Waals surface area contributed by atoms with E-state index in [1.54, 1.807) is 4.90 Å². The predicted molar refractivity (Wildman–Crippen MR) is 75.8 cm³/mol. The van der Waals surface area contributed by atoms with E-state index in [1.165, 1.54) is 13.2 Å². The second-order valence-corrected chi connectivity index (χ2v) is 5.42. The second kappa shape index (κ2) is 7.44. The van der Waals surface area contributed by atoms with Crippen molar-refractivity contribution in [3.63, 3.8) is 0 Å². The highest BCUT2D eigenvalue weighted by Gasteiger charge is 2.33. The molecule has 0 radical (unpaired) electrons. The fourth-order valence-electron chi connectivity index (χ4n) is 2.75. The van der Waals surface area contributed by atoms with E-state index in [0.717, 1.165) is 12.1 Å². The molecule has 0 bridgehead atoms. The van der Waals surface area contributed by atoms with Crippen molar-refractivity contribution >= 4 is 0 Å². The van der Waals surface area contributed by atoms with Crippen molar-refractivity contribution in [3.8, 4) is 5.75 Å². The van der Waals surface area contributed by atoms with Gasteiger partial charge in [0.1, 0.15) is 5.75 Å². The Hall–Kier alpha value is -1.41. The van der Waals surface area contributed by atoms with Gasteiger partial charge in [0.2, 0.25) is 6.43 Å². The lowest BCUT2D eigenvalue weighted by Crippen LogP contribution is -2.45. The summed E-state index contributed by atoms with van der Waals surface area (Å²) in [5.41, 5.74) is -0.680. The molecule has 2 rings (SSSR count). The number of nitrogens with zero attached hydrogens (tertiary/aromatic N) is 1. The van der Waals surface area contributed by atoms with Crippen LogP contribution in [0.2, 0.25) is 0 Å². The van der Waals surface area contributed by atoms with Gasteiger partial charge in [0.25, 0.3) is 0 Å². The number of alkyl halides is 5. The van der Waals surface area contributed by atoms with Crippen LogP contribution in [0.3, 0.4) is 0 Å². The zero-order valence-electron chi connectivity index (χ0n) is 12.7. The average molecular weight is 338 g/mol. The number of hydrogen-bond acceptors (Lipinski definition) is 3. The molecule has 1 aliphatic heterocycles. The number of piperazine rings is 1. The minimum atomic E-state index is -4.55. The lowest BCUT2D eigenvalue weighted by atomic mass is 9.98. The van der Waals surface area contributed by atoms with Crippen LogP contribution in [0.15, 0.2) is 18.2 Å². The number of nitrogens with one attached hydrogen (secondary N) is 1. The number of hydrogen-bond donors (Lipinski definition) is 1. The van der Waals surface area contributed by atoms with Crippen molar-refractivity contribution in [2.45, 2.75) is 25.1 Å². The van der Waals surface area contributed by atoms with Crippen molar-refractivity contribution in [1.29, 1.82) is 0 Å². The van der Waals surface area contributed by atoms with Gasteiger partial charge in [-0.1, -0.05) is 0 Å². The van der Waals surface area contributed by atoms with Gasteiger partial charge >= 0.3 is 6.18 Å². The Bertz CT molecular complexity index is 515. The van der Waals surface area contributed by atoms with Gasteiger partial charge in [-0.05, 0) is 23.8 Å². The molecule has 3 nitrogen and oxygen atoms in total. The third-order valence-electron chi connectivity index (χ3n) is 3.87. The van der Waals surface area contributed by atoms with Gasteiger partial charge in [-0.2, -0.15) is 13.2 Å². The summed E-state index contributed by atoms with van der Waals surface area (Å²) in [5, 5.41) is 3.10. The van der Waals surface area contributed by atoms with Crippen LogP contribution in [0.4, 0.5) is 22.0 Å². The van der Waals surface area contributed by atoms with E-state index >= 15 is 0 Å². The Balaban J connectivity index is 2.39. The molecule has 8 heteroatoms. The second-order valence-electron chi connectivity index (χ2n) is 5.42. The van der Waals surface area contributed by atoms with Crippen LogP contribution in [-0.2, 0) is 6.18 Å². The molecule has 1 N–H and O–H groups in total. The molecule has 130 valence electrons. The molecule has 0 aromatic heterocycles. The van der Waals surface area contributed by atoms with Gasteiger partial charge < -0.3 is 10.1 Å². The van der Waals surface area contributed by atoms with E-state index in [-0.39, 0.29) is 11.3 Å². The summed E-state index contributed by atoms with van der Waals surface area (Å²) in [7, 11) is 1.26. The fraction of sp³-hybridized carbons (Fsp3) is 0.600. The molecule has 1 fully saturated rings. The summed E-state index contributed by atoms with van der Waals surface area (Å²) in [6, 6.07) is 2.45. The fourth-order valence-corrected chi connectivity index (χ4v) is 2.75. The topological polar surface area (TPSA) is 24.5 Å². The summed E-state index contributed by atoms with van der Waals surface area (Å²) >= 11 is 0. The van der Waals surface area contributed by atoms with Gasteiger partial charge in [0.15, 0.2) is 0 Å². The van der Waals surface area contributed by atoms with Crippen LogP contribution >= 0.6 is 0 Å². The Morgan fingerprint density at radius 2 is 1.83 bits per heavy atom. The van der Waals surface area contributed by atoms with Crippen molar-refractivity contribution in [3.05, 3.63) is 29.3 Å². The van der Waals surface area contributed by atoms with Crippen LogP contribution in [0, 0.1) is 0 Å². The van der Waals surface area contributed by atoms with Gasteiger partial charge in [0, 0.05) is 38.6 Å². The first-order chi connectivity index (χ1) is 10.8. The lowest BCUT2D eigenvalue weighted by molar-refractivity contribution is -0.137. The summed E-state index contributed by atoms with van der Waals surface area (Å²) in [6.45, 7) is 2.26. The Morgan fingerprint density at radius 3 is 2.35 bits per heavy atom. The molecule has 23 heavy (non-hydrogen) atoms. The minimum absolute atomic E-state index is 0.0178. The largest absolute Gasteiger partial charge is 0.497 e. The highest BCUT2D eigenvalue weighted by atomic mass is 19.4. The highest BCUT2D eigenvalue weighted by Crippen LogP contribution is 2.37. The third kappa shape index (κ3) is 4.78. The predicted octanol–water partition coefficient (Wildman–Crippen LogP) is 3.32. The maximum atomic E-state index is 13.0. The smallest absolute Gasteiger partial charge is 0.416 e. The van der Waals surface area contributed by atoms with Crippen LogP contribution in [0.25, 0.3) is 0 Å². The van der Waals surface area contributed by atoms with E-state index in [9.17, 15) is 22.0 Å². The summed E-state index contributed by atoms with van der Waals surface area (Å²) in [6.07, 6.45) is -7.66. The van der Waals surface area contributed by atoms with Gasteiger partial charge in [-0.15, -0.1) is 0 Å². The SMILES string of the molecule is COc1cc([C@@H](CC(F)F)N2CCNCC2)cc(C(F)(F)F)c1. The highest BCUT2D eigenvalue weighted by molar-refractivity contribution is 5.37. The lowest BCUT2D eigenvalue weighted by Gasteiger charge is -2.35. The first-order valence-electron chi connectivity index (χ1n) is 7.30. The molecular weight excluding hydrogens is 319 g/mol. The maximum Gasteiger partial charge on any atom is 0.416 e. The van der Waals surface area contributed by atoms with Crippen LogP contribution < -0.4 is 10.1 Å². The van der Waals surface area contributed by atoms with Crippen molar-refractivity contribution < 1.29 is 26.7 Å². The zero-order valence-corrected chi connectivity index (χ0v) is 12.7. The van der Waals surface area contributed by atoms with E-state index in [4.69, 9.17) is 4.74 Å². The number of benzene rings is 1. The van der Waals surface area contributed by atoms with E-state index in [2.05, 4.69) is 5.32 Å². The van der Waals surface area contributed by atoms with Crippen LogP contribution in [0.5, 0.6) is 5.75 Å². The van der Waals surface area contributed by atoms with Crippen molar-refractivity contribution in [1.82, 2.24) is 10.2 Å². The first-order valence-corrected chi connectivity index (χ1v) is 7.30. The molecule has 1 saturated heterocycles. The van der Waals surface area contributed by atoms with E-state index in [1.807, 2.05) is 0 Å². The normalized spacial score (nSPS) is 18.2. The van der Waals surface area contributed by atoms with E-state index in [0.29, 0.717) is 26.2 Å². The summed E-state index contributed by atoms with van der Waals surface area (Å²) < 4.78 is 69.9. The molecule has 1 heterocycles. The standard InChI is InChI=1S/C15H19F5N2O/c1-23-12-7-10(6-11(8-12)15(18,19)20)13(9-14(16)17)22-4-2-21-3-5-22/h6-8,13-14,21H,2-5,9H2,1H3/t13-/m1/s1. The van der Waals surface area contributed by atoms with Gasteiger partial charge in [0.05, 0.1) is 12.7 Å². The average Bonchev–Trinajstić information content (AvgIpc) is 2.52.